The van der Waals surface area contributed by atoms with E-state index in [1.54, 1.807) is 29.2 Å². The van der Waals surface area contributed by atoms with Gasteiger partial charge in [0.2, 0.25) is 11.8 Å². The van der Waals surface area contributed by atoms with Crippen LogP contribution in [0.1, 0.15) is 18.4 Å². The van der Waals surface area contributed by atoms with Gasteiger partial charge in [0.15, 0.2) is 0 Å². The van der Waals surface area contributed by atoms with Crippen LogP contribution in [-0.2, 0) is 9.59 Å². The van der Waals surface area contributed by atoms with Crippen molar-refractivity contribution in [2.75, 3.05) is 18.8 Å². The van der Waals surface area contributed by atoms with Crippen LogP contribution in [0.2, 0.25) is 5.02 Å². The molecule has 7 heteroatoms. The first-order valence-corrected chi connectivity index (χ1v) is 9.12. The van der Waals surface area contributed by atoms with E-state index in [4.69, 9.17) is 11.6 Å². The van der Waals surface area contributed by atoms with E-state index in [-0.39, 0.29) is 28.8 Å². The van der Waals surface area contributed by atoms with E-state index in [1.165, 1.54) is 4.90 Å². The highest BCUT2D eigenvalue weighted by molar-refractivity contribution is 8.14. The number of hydrogen-bond donors (Lipinski definition) is 0. The largest absolute Gasteiger partial charge is 0.339 e. The van der Waals surface area contributed by atoms with Gasteiger partial charge < -0.3 is 4.90 Å². The minimum Gasteiger partial charge on any atom is -0.339 e. The lowest BCUT2D eigenvalue weighted by Gasteiger charge is -2.35. The minimum atomic E-state index is -0.160. The molecule has 2 saturated heterocycles. The standard InChI is InChI=1S/C17H17ClN2O3S/c18-13-4-1-12(2-5-13)3-6-15(21)19-9-7-14(8-10-19)20-16(22)11-24-17(20)23/h1-6,14H,7-11H2. The molecule has 0 aliphatic carbocycles. The number of benzene rings is 1. The Morgan fingerprint density at radius 3 is 2.42 bits per heavy atom. The molecule has 0 unspecified atom stereocenters. The molecule has 0 atom stereocenters. The molecule has 1 aromatic carbocycles. The Balaban J connectivity index is 1.54. The summed E-state index contributed by atoms with van der Waals surface area (Å²) in [5, 5.41) is 0.497. The summed E-state index contributed by atoms with van der Waals surface area (Å²) >= 11 is 6.89. The monoisotopic (exact) mass is 364 g/mol. The van der Waals surface area contributed by atoms with Gasteiger partial charge in [-0.25, -0.2) is 0 Å². The lowest BCUT2D eigenvalue weighted by Crippen LogP contribution is -2.48. The highest BCUT2D eigenvalue weighted by atomic mass is 35.5. The highest BCUT2D eigenvalue weighted by Gasteiger charge is 2.37. The highest BCUT2D eigenvalue weighted by Crippen LogP contribution is 2.26. The number of likely N-dealkylation sites (tertiary alicyclic amines) is 1. The molecule has 24 heavy (non-hydrogen) atoms. The van der Waals surface area contributed by atoms with Gasteiger partial charge in [0.05, 0.1) is 5.75 Å². The summed E-state index contributed by atoms with van der Waals surface area (Å²) in [4.78, 5) is 38.9. The van der Waals surface area contributed by atoms with Crippen LogP contribution >= 0.6 is 23.4 Å². The van der Waals surface area contributed by atoms with Crippen molar-refractivity contribution < 1.29 is 14.4 Å². The number of carbonyl (C=O) groups excluding carboxylic acids is 3. The Bertz CT molecular complexity index is 666. The number of hydrogen-bond acceptors (Lipinski definition) is 4. The Morgan fingerprint density at radius 2 is 1.83 bits per heavy atom. The Morgan fingerprint density at radius 1 is 1.17 bits per heavy atom. The van der Waals surface area contributed by atoms with E-state index in [1.807, 2.05) is 12.1 Å². The third kappa shape index (κ3) is 3.82. The van der Waals surface area contributed by atoms with Crippen molar-refractivity contribution in [1.82, 2.24) is 9.80 Å². The number of amides is 3. The second-order valence-corrected chi connectivity index (χ2v) is 7.12. The number of halogens is 1. The fourth-order valence-corrected chi connectivity index (χ4v) is 3.81. The number of thioether (sulfide) groups is 1. The van der Waals surface area contributed by atoms with Gasteiger partial charge in [-0.15, -0.1) is 0 Å². The fourth-order valence-electron chi connectivity index (χ4n) is 2.91. The normalized spacial score (nSPS) is 19.5. The smallest absolute Gasteiger partial charge is 0.289 e. The maximum Gasteiger partial charge on any atom is 0.289 e. The maximum atomic E-state index is 12.3. The molecular weight excluding hydrogens is 348 g/mol. The molecule has 0 bridgehead atoms. The third-order valence-electron chi connectivity index (χ3n) is 4.21. The lowest BCUT2D eigenvalue weighted by molar-refractivity contribution is -0.129. The summed E-state index contributed by atoms with van der Waals surface area (Å²) in [6.07, 6.45) is 4.58. The molecule has 0 aromatic heterocycles. The van der Waals surface area contributed by atoms with Gasteiger partial charge >= 0.3 is 0 Å². The number of rotatable bonds is 3. The zero-order valence-corrected chi connectivity index (χ0v) is 14.6. The van der Waals surface area contributed by atoms with Crippen LogP contribution in [-0.4, -0.2) is 51.7 Å². The Labute approximate surface area is 149 Å². The summed E-state index contributed by atoms with van der Waals surface area (Å²) in [7, 11) is 0. The molecule has 0 spiro atoms. The molecule has 126 valence electrons. The van der Waals surface area contributed by atoms with Gasteiger partial charge in [0, 0.05) is 30.2 Å². The van der Waals surface area contributed by atoms with Gasteiger partial charge in [-0.1, -0.05) is 35.5 Å². The predicted molar refractivity (Wildman–Crippen MR) is 94.8 cm³/mol. The van der Waals surface area contributed by atoms with E-state index >= 15 is 0 Å². The van der Waals surface area contributed by atoms with Gasteiger partial charge in [0.25, 0.3) is 5.24 Å². The molecule has 3 rings (SSSR count). The first kappa shape index (κ1) is 17.0. The predicted octanol–water partition coefficient (Wildman–Crippen LogP) is 3.04. The van der Waals surface area contributed by atoms with Crippen molar-refractivity contribution in [3.8, 4) is 0 Å². The van der Waals surface area contributed by atoms with Crippen LogP contribution in [0, 0.1) is 0 Å². The number of piperidine rings is 1. The van der Waals surface area contributed by atoms with E-state index in [9.17, 15) is 14.4 Å². The number of nitrogens with zero attached hydrogens (tertiary/aromatic N) is 2. The summed E-state index contributed by atoms with van der Waals surface area (Å²) in [5.74, 6) is 0.0659. The van der Waals surface area contributed by atoms with Crippen molar-refractivity contribution in [2.45, 2.75) is 18.9 Å². The molecule has 5 nitrogen and oxygen atoms in total. The van der Waals surface area contributed by atoms with Gasteiger partial charge in [-0.2, -0.15) is 0 Å². The average molecular weight is 365 g/mol. The SMILES string of the molecule is O=C(C=Cc1ccc(Cl)cc1)N1CCC(N2C(=O)CSC2=O)CC1. The Hall–Kier alpha value is -1.79. The van der Waals surface area contributed by atoms with E-state index in [0.717, 1.165) is 17.3 Å². The van der Waals surface area contributed by atoms with Crippen LogP contribution in [0.15, 0.2) is 30.3 Å². The van der Waals surface area contributed by atoms with Crippen LogP contribution < -0.4 is 0 Å². The summed E-state index contributed by atoms with van der Waals surface area (Å²) in [6, 6.07) is 7.17. The van der Waals surface area contributed by atoms with Crippen LogP contribution in [0.5, 0.6) is 0 Å². The topological polar surface area (TPSA) is 57.7 Å². The summed E-state index contributed by atoms with van der Waals surface area (Å²) in [6.45, 7) is 1.10. The molecule has 0 saturated carbocycles. The van der Waals surface area contributed by atoms with Crippen molar-refractivity contribution in [3.63, 3.8) is 0 Å². The molecule has 1 aromatic rings. The zero-order chi connectivity index (χ0) is 17.1. The van der Waals surface area contributed by atoms with Crippen molar-refractivity contribution in [3.05, 3.63) is 40.9 Å². The van der Waals surface area contributed by atoms with Crippen molar-refractivity contribution in [1.29, 1.82) is 0 Å². The van der Waals surface area contributed by atoms with Crippen molar-refractivity contribution in [2.24, 2.45) is 0 Å². The quantitative estimate of drug-likeness (QED) is 0.773. The number of carbonyl (C=O) groups is 3. The third-order valence-corrected chi connectivity index (χ3v) is 5.30. The molecule has 3 amide bonds. The fraction of sp³-hybridized carbons (Fsp3) is 0.353. The van der Waals surface area contributed by atoms with Gasteiger partial charge in [0.1, 0.15) is 0 Å². The maximum absolute atomic E-state index is 12.3. The van der Waals surface area contributed by atoms with Crippen molar-refractivity contribution >= 4 is 46.5 Å². The molecule has 0 N–H and O–H groups in total. The second-order valence-electron chi connectivity index (χ2n) is 5.76. The molecule has 2 fully saturated rings. The molecule has 2 aliphatic heterocycles. The van der Waals surface area contributed by atoms with E-state index in [2.05, 4.69) is 0 Å². The molecule has 2 aliphatic rings. The lowest BCUT2D eigenvalue weighted by atomic mass is 10.0. The summed E-state index contributed by atoms with van der Waals surface area (Å²) < 4.78 is 0. The van der Waals surface area contributed by atoms with Gasteiger partial charge in [-0.3, -0.25) is 19.3 Å². The van der Waals surface area contributed by atoms with E-state index in [0.29, 0.717) is 31.0 Å². The first-order chi connectivity index (χ1) is 11.5. The van der Waals surface area contributed by atoms with Crippen LogP contribution in [0.3, 0.4) is 0 Å². The van der Waals surface area contributed by atoms with Crippen LogP contribution in [0.25, 0.3) is 6.08 Å². The Kier molecular flexibility index (Phi) is 5.26. The average Bonchev–Trinajstić information content (AvgIpc) is 2.93. The molecular formula is C17H17ClN2O3S. The minimum absolute atomic E-state index is 0.0585. The summed E-state index contributed by atoms with van der Waals surface area (Å²) in [5.41, 5.74) is 0.910. The first-order valence-electron chi connectivity index (χ1n) is 7.76. The van der Waals surface area contributed by atoms with Crippen LogP contribution in [0.4, 0.5) is 4.79 Å². The van der Waals surface area contributed by atoms with Gasteiger partial charge in [-0.05, 0) is 36.6 Å². The van der Waals surface area contributed by atoms with E-state index < -0.39 is 0 Å². The zero-order valence-electron chi connectivity index (χ0n) is 13.0. The number of imide groups is 1. The second kappa shape index (κ2) is 7.40. The molecule has 2 heterocycles. The molecule has 0 radical (unpaired) electrons.